The highest BCUT2D eigenvalue weighted by molar-refractivity contribution is 6.39. The molecule has 0 aliphatic heterocycles. The Labute approximate surface area is 189 Å². The van der Waals surface area contributed by atoms with Crippen LogP contribution in [0.3, 0.4) is 0 Å². The first-order valence-electron chi connectivity index (χ1n) is 9.42. The van der Waals surface area contributed by atoms with E-state index in [-0.39, 0.29) is 19.1 Å². The van der Waals surface area contributed by atoms with Gasteiger partial charge in [-0.05, 0) is 43.3 Å². The number of hydrogen-bond acceptors (Lipinski definition) is 6. The van der Waals surface area contributed by atoms with Gasteiger partial charge in [-0.15, -0.1) is 0 Å². The van der Waals surface area contributed by atoms with Gasteiger partial charge in [0.1, 0.15) is 12.3 Å². The van der Waals surface area contributed by atoms with Crippen molar-refractivity contribution in [3.8, 4) is 5.75 Å². The first-order chi connectivity index (χ1) is 14.9. The minimum atomic E-state index is -0.402. The number of likely N-dealkylation sites (N-methyl/N-ethyl adjacent to an activating group) is 1. The van der Waals surface area contributed by atoms with Gasteiger partial charge in [0.15, 0.2) is 6.61 Å². The van der Waals surface area contributed by atoms with Crippen molar-refractivity contribution in [2.45, 2.75) is 20.5 Å². The third-order valence-electron chi connectivity index (χ3n) is 4.27. The maximum atomic E-state index is 12.8. The summed E-state index contributed by atoms with van der Waals surface area (Å²) in [6, 6.07) is 11.5. The standard InChI is InChI=1S/C21H20Cl2N4O4/c1-3-27(11-19(28)25-20-16(22)5-4-6-17(20)23)21(29)14-7-9-15(10-8-14)30-12-18-24-13(2)31-26-18/h4-10H,3,11-12H2,1-2H3,(H,25,28). The Hall–Kier alpha value is -3.10. The van der Waals surface area contributed by atoms with E-state index in [0.29, 0.717) is 45.3 Å². The van der Waals surface area contributed by atoms with Crippen molar-refractivity contribution in [1.82, 2.24) is 15.0 Å². The molecule has 3 rings (SSSR count). The van der Waals surface area contributed by atoms with Gasteiger partial charge in [0.05, 0.1) is 15.7 Å². The highest BCUT2D eigenvalue weighted by Gasteiger charge is 2.19. The van der Waals surface area contributed by atoms with Gasteiger partial charge in [0.25, 0.3) is 5.91 Å². The van der Waals surface area contributed by atoms with Crippen LogP contribution in [0.25, 0.3) is 0 Å². The van der Waals surface area contributed by atoms with Crippen molar-refractivity contribution < 1.29 is 18.8 Å². The van der Waals surface area contributed by atoms with Gasteiger partial charge in [0, 0.05) is 19.0 Å². The number of ether oxygens (including phenoxy) is 1. The fourth-order valence-electron chi connectivity index (χ4n) is 2.72. The van der Waals surface area contributed by atoms with E-state index >= 15 is 0 Å². The Balaban J connectivity index is 1.59. The molecule has 0 saturated carbocycles. The molecule has 1 heterocycles. The number of nitrogens with zero attached hydrogens (tertiary/aromatic N) is 3. The van der Waals surface area contributed by atoms with E-state index in [2.05, 4.69) is 15.5 Å². The van der Waals surface area contributed by atoms with Crippen molar-refractivity contribution in [1.29, 1.82) is 0 Å². The minimum Gasteiger partial charge on any atom is -0.485 e. The molecule has 1 aromatic heterocycles. The van der Waals surface area contributed by atoms with Crippen LogP contribution in [-0.2, 0) is 11.4 Å². The maximum absolute atomic E-state index is 12.8. The maximum Gasteiger partial charge on any atom is 0.254 e. The van der Waals surface area contributed by atoms with Crippen molar-refractivity contribution in [3.63, 3.8) is 0 Å². The quantitative estimate of drug-likeness (QED) is 0.533. The van der Waals surface area contributed by atoms with Gasteiger partial charge in [-0.25, -0.2) is 0 Å². The summed E-state index contributed by atoms with van der Waals surface area (Å²) in [6.07, 6.45) is 0. The van der Waals surface area contributed by atoms with E-state index < -0.39 is 5.91 Å². The molecule has 0 aliphatic rings. The molecule has 0 fully saturated rings. The third kappa shape index (κ3) is 5.96. The highest BCUT2D eigenvalue weighted by Crippen LogP contribution is 2.29. The molecular formula is C21H20Cl2N4O4. The Bertz CT molecular complexity index is 1050. The zero-order chi connectivity index (χ0) is 22.4. The molecule has 2 amide bonds. The van der Waals surface area contributed by atoms with Crippen LogP contribution in [0.1, 0.15) is 29.0 Å². The van der Waals surface area contributed by atoms with Crippen LogP contribution >= 0.6 is 23.2 Å². The Morgan fingerprint density at radius 3 is 2.39 bits per heavy atom. The number of anilines is 1. The number of para-hydroxylation sites is 1. The third-order valence-corrected chi connectivity index (χ3v) is 4.90. The topological polar surface area (TPSA) is 97.6 Å². The molecule has 0 saturated heterocycles. The smallest absolute Gasteiger partial charge is 0.254 e. The predicted octanol–water partition coefficient (Wildman–Crippen LogP) is 4.36. The summed E-state index contributed by atoms with van der Waals surface area (Å²) in [6.45, 7) is 3.83. The van der Waals surface area contributed by atoms with Crippen LogP contribution in [0.2, 0.25) is 10.0 Å². The van der Waals surface area contributed by atoms with Crippen LogP contribution in [0.15, 0.2) is 47.0 Å². The number of carbonyl (C=O) groups excluding carboxylic acids is 2. The molecule has 31 heavy (non-hydrogen) atoms. The second-order valence-corrected chi connectivity index (χ2v) is 7.32. The van der Waals surface area contributed by atoms with Gasteiger partial charge in [-0.3, -0.25) is 9.59 Å². The molecule has 8 nitrogen and oxygen atoms in total. The van der Waals surface area contributed by atoms with E-state index in [1.807, 2.05) is 0 Å². The van der Waals surface area contributed by atoms with Crippen molar-refractivity contribution in [2.75, 3.05) is 18.4 Å². The van der Waals surface area contributed by atoms with E-state index in [1.54, 1.807) is 56.3 Å². The molecule has 0 atom stereocenters. The number of nitrogens with one attached hydrogen (secondary N) is 1. The number of halogens is 2. The second-order valence-electron chi connectivity index (χ2n) is 6.51. The number of aromatic nitrogens is 2. The van der Waals surface area contributed by atoms with Gasteiger partial charge in [-0.2, -0.15) is 4.98 Å². The molecule has 10 heteroatoms. The van der Waals surface area contributed by atoms with Gasteiger partial charge >= 0.3 is 0 Å². The molecule has 162 valence electrons. The van der Waals surface area contributed by atoms with E-state index in [4.69, 9.17) is 32.5 Å². The summed E-state index contributed by atoms with van der Waals surface area (Å²) in [5.41, 5.74) is 0.741. The van der Waals surface area contributed by atoms with Crippen molar-refractivity contribution in [3.05, 3.63) is 69.8 Å². The molecule has 0 spiro atoms. The lowest BCUT2D eigenvalue weighted by Crippen LogP contribution is -2.37. The van der Waals surface area contributed by atoms with Crippen LogP contribution in [-0.4, -0.2) is 39.9 Å². The van der Waals surface area contributed by atoms with Gasteiger partial charge in [0.2, 0.25) is 17.6 Å². The monoisotopic (exact) mass is 462 g/mol. The summed E-state index contributed by atoms with van der Waals surface area (Å²) < 4.78 is 10.5. The number of hydrogen-bond donors (Lipinski definition) is 1. The van der Waals surface area contributed by atoms with Gasteiger partial charge in [-0.1, -0.05) is 34.4 Å². The summed E-state index contributed by atoms with van der Waals surface area (Å²) in [7, 11) is 0. The highest BCUT2D eigenvalue weighted by atomic mass is 35.5. The Morgan fingerprint density at radius 2 is 1.81 bits per heavy atom. The summed E-state index contributed by atoms with van der Waals surface area (Å²) in [5, 5.41) is 7.05. The SMILES string of the molecule is CCN(CC(=O)Nc1c(Cl)cccc1Cl)C(=O)c1ccc(OCc2noc(C)n2)cc1. The van der Waals surface area contributed by atoms with Crippen molar-refractivity contribution in [2.24, 2.45) is 0 Å². The summed E-state index contributed by atoms with van der Waals surface area (Å²) in [4.78, 5) is 30.7. The number of aryl methyl sites for hydroxylation is 1. The molecule has 0 aliphatic carbocycles. The Kier molecular flexibility index (Phi) is 7.49. The molecule has 1 N–H and O–H groups in total. The number of benzene rings is 2. The zero-order valence-electron chi connectivity index (χ0n) is 16.9. The average Bonchev–Trinajstić information content (AvgIpc) is 3.18. The van der Waals surface area contributed by atoms with Crippen LogP contribution in [0.4, 0.5) is 5.69 Å². The van der Waals surface area contributed by atoms with Crippen LogP contribution in [0, 0.1) is 6.92 Å². The second kappa shape index (κ2) is 10.3. The normalized spacial score (nSPS) is 10.6. The fraction of sp³-hybridized carbons (Fsp3) is 0.238. The molecule has 3 aromatic rings. The largest absolute Gasteiger partial charge is 0.485 e. The Morgan fingerprint density at radius 1 is 1.13 bits per heavy atom. The van der Waals surface area contributed by atoms with Crippen LogP contribution < -0.4 is 10.1 Å². The average molecular weight is 463 g/mol. The van der Waals surface area contributed by atoms with E-state index in [1.165, 1.54) is 4.90 Å². The fourth-order valence-corrected chi connectivity index (χ4v) is 3.21. The molecule has 2 aromatic carbocycles. The minimum absolute atomic E-state index is 0.147. The summed E-state index contributed by atoms with van der Waals surface area (Å²) >= 11 is 12.2. The molecule has 0 bridgehead atoms. The summed E-state index contributed by atoms with van der Waals surface area (Å²) in [5.74, 6) is 0.747. The molecule has 0 unspecified atom stereocenters. The number of carbonyl (C=O) groups is 2. The molecule has 0 radical (unpaired) electrons. The number of amides is 2. The van der Waals surface area contributed by atoms with E-state index in [0.717, 1.165) is 0 Å². The lowest BCUT2D eigenvalue weighted by atomic mass is 10.2. The molecular weight excluding hydrogens is 443 g/mol. The first-order valence-corrected chi connectivity index (χ1v) is 10.2. The number of rotatable bonds is 8. The predicted molar refractivity (Wildman–Crippen MR) is 116 cm³/mol. The van der Waals surface area contributed by atoms with Crippen LogP contribution in [0.5, 0.6) is 5.75 Å². The first kappa shape index (κ1) is 22.6. The van der Waals surface area contributed by atoms with Gasteiger partial charge < -0.3 is 19.5 Å². The lowest BCUT2D eigenvalue weighted by Gasteiger charge is -2.21. The van der Waals surface area contributed by atoms with E-state index in [9.17, 15) is 9.59 Å². The van der Waals surface area contributed by atoms with Crippen molar-refractivity contribution >= 4 is 40.7 Å². The lowest BCUT2D eigenvalue weighted by molar-refractivity contribution is -0.116. The zero-order valence-corrected chi connectivity index (χ0v) is 18.4.